The van der Waals surface area contributed by atoms with E-state index in [9.17, 15) is 4.79 Å². The molecule has 3 rings (SSSR count). The van der Waals surface area contributed by atoms with Gasteiger partial charge in [0, 0.05) is 36.1 Å². The SMILES string of the molecule is O=C(CCc1ccc(Cl)cc1)Nc1ccn(Cc2ccncc2)n1. The molecule has 0 aliphatic carbocycles. The zero-order chi connectivity index (χ0) is 16.8. The molecule has 1 amide bonds. The van der Waals surface area contributed by atoms with Crippen molar-refractivity contribution in [1.29, 1.82) is 0 Å². The van der Waals surface area contributed by atoms with Gasteiger partial charge in [0.05, 0.1) is 6.54 Å². The largest absolute Gasteiger partial charge is 0.309 e. The second kappa shape index (κ2) is 7.75. The zero-order valence-corrected chi connectivity index (χ0v) is 13.8. The fourth-order valence-corrected chi connectivity index (χ4v) is 2.43. The van der Waals surface area contributed by atoms with Crippen LogP contribution in [0, 0.1) is 0 Å². The van der Waals surface area contributed by atoms with Crippen molar-refractivity contribution in [3.05, 3.63) is 77.2 Å². The van der Waals surface area contributed by atoms with Crippen molar-refractivity contribution in [2.24, 2.45) is 0 Å². The minimum atomic E-state index is -0.0564. The van der Waals surface area contributed by atoms with Crippen LogP contribution in [0.25, 0.3) is 0 Å². The van der Waals surface area contributed by atoms with Crippen LogP contribution in [0.4, 0.5) is 5.82 Å². The maximum Gasteiger partial charge on any atom is 0.225 e. The number of amides is 1. The molecule has 0 saturated heterocycles. The van der Waals surface area contributed by atoms with Gasteiger partial charge in [-0.1, -0.05) is 23.7 Å². The molecule has 5 nitrogen and oxygen atoms in total. The Kier molecular flexibility index (Phi) is 5.23. The lowest BCUT2D eigenvalue weighted by Crippen LogP contribution is -2.13. The summed E-state index contributed by atoms with van der Waals surface area (Å²) in [4.78, 5) is 16.0. The third kappa shape index (κ3) is 4.67. The molecule has 0 aliphatic heterocycles. The summed E-state index contributed by atoms with van der Waals surface area (Å²) in [5.74, 6) is 0.504. The molecule has 0 radical (unpaired) electrons. The van der Waals surface area contributed by atoms with Crippen molar-refractivity contribution in [2.45, 2.75) is 19.4 Å². The summed E-state index contributed by atoms with van der Waals surface area (Å²) in [6, 6.07) is 13.2. The molecule has 6 heteroatoms. The summed E-state index contributed by atoms with van der Waals surface area (Å²) < 4.78 is 1.78. The average Bonchev–Trinajstić information content (AvgIpc) is 3.02. The molecule has 1 N–H and O–H groups in total. The number of halogens is 1. The Bertz CT molecular complexity index is 799. The maximum atomic E-state index is 12.0. The van der Waals surface area contributed by atoms with Crippen LogP contribution in [0.1, 0.15) is 17.5 Å². The molecule has 0 fully saturated rings. The lowest BCUT2D eigenvalue weighted by Gasteiger charge is -2.03. The number of nitrogens with zero attached hydrogens (tertiary/aromatic N) is 3. The topological polar surface area (TPSA) is 59.8 Å². The molecule has 3 aromatic rings. The number of carbonyl (C=O) groups excluding carboxylic acids is 1. The first-order valence-electron chi connectivity index (χ1n) is 7.66. The second-order valence-corrected chi connectivity index (χ2v) is 5.87. The zero-order valence-electron chi connectivity index (χ0n) is 13.0. The molecule has 0 aliphatic rings. The van der Waals surface area contributed by atoms with E-state index in [1.54, 1.807) is 23.1 Å². The molecule has 1 aromatic carbocycles. The predicted molar refractivity (Wildman–Crippen MR) is 94.0 cm³/mol. The first-order chi connectivity index (χ1) is 11.7. The molecule has 0 atom stereocenters. The quantitative estimate of drug-likeness (QED) is 0.746. The van der Waals surface area contributed by atoms with Gasteiger partial charge in [-0.05, 0) is 41.8 Å². The van der Waals surface area contributed by atoms with Crippen molar-refractivity contribution in [3.63, 3.8) is 0 Å². The molecule has 0 bridgehead atoms. The number of anilines is 1. The average molecular weight is 341 g/mol. The summed E-state index contributed by atoms with van der Waals surface area (Å²) in [5, 5.41) is 7.88. The van der Waals surface area contributed by atoms with Gasteiger partial charge in [-0.2, -0.15) is 5.10 Å². The summed E-state index contributed by atoms with van der Waals surface area (Å²) >= 11 is 5.85. The van der Waals surface area contributed by atoms with Gasteiger partial charge in [0.1, 0.15) is 0 Å². The van der Waals surface area contributed by atoms with Gasteiger partial charge >= 0.3 is 0 Å². The van der Waals surface area contributed by atoms with Crippen LogP contribution in [0.3, 0.4) is 0 Å². The number of carbonyl (C=O) groups is 1. The highest BCUT2D eigenvalue weighted by Crippen LogP contribution is 2.12. The maximum absolute atomic E-state index is 12.0. The van der Waals surface area contributed by atoms with E-state index >= 15 is 0 Å². The van der Waals surface area contributed by atoms with E-state index < -0.39 is 0 Å². The van der Waals surface area contributed by atoms with Gasteiger partial charge in [0.15, 0.2) is 5.82 Å². The van der Waals surface area contributed by atoms with Gasteiger partial charge in [0.2, 0.25) is 5.91 Å². The summed E-state index contributed by atoms with van der Waals surface area (Å²) in [7, 11) is 0. The molecular formula is C18H17ClN4O. The van der Waals surface area contributed by atoms with Crippen molar-refractivity contribution in [2.75, 3.05) is 5.32 Å². The van der Waals surface area contributed by atoms with Crippen molar-refractivity contribution in [3.8, 4) is 0 Å². The summed E-state index contributed by atoms with van der Waals surface area (Å²) in [6.07, 6.45) is 6.41. The Morgan fingerprint density at radius 1 is 1.04 bits per heavy atom. The Balaban J connectivity index is 1.50. The molecule has 2 aromatic heterocycles. The second-order valence-electron chi connectivity index (χ2n) is 5.43. The number of hydrogen-bond acceptors (Lipinski definition) is 3. The standard InChI is InChI=1S/C18H17ClN4O/c19-16-4-1-14(2-5-16)3-6-18(24)21-17-9-12-23(22-17)13-15-7-10-20-11-8-15/h1-2,4-5,7-12H,3,6,13H2,(H,21,22,24). The molecule has 2 heterocycles. The van der Waals surface area contributed by atoms with E-state index in [2.05, 4.69) is 15.4 Å². The fourth-order valence-electron chi connectivity index (χ4n) is 2.31. The first kappa shape index (κ1) is 16.2. The first-order valence-corrected chi connectivity index (χ1v) is 8.03. The molecule has 122 valence electrons. The van der Waals surface area contributed by atoms with Gasteiger partial charge in [-0.25, -0.2) is 0 Å². The van der Waals surface area contributed by atoms with Gasteiger partial charge in [-0.15, -0.1) is 0 Å². The molecule has 0 unspecified atom stereocenters. The van der Waals surface area contributed by atoms with Gasteiger partial charge < -0.3 is 5.32 Å². The van der Waals surface area contributed by atoms with Crippen LogP contribution in [-0.2, 0) is 17.8 Å². The highest BCUT2D eigenvalue weighted by Gasteiger charge is 2.06. The number of nitrogens with one attached hydrogen (secondary N) is 1. The van der Waals surface area contributed by atoms with Crippen LogP contribution in [0.2, 0.25) is 5.02 Å². The van der Waals surface area contributed by atoms with Crippen LogP contribution >= 0.6 is 11.6 Å². The van der Waals surface area contributed by atoms with Crippen molar-refractivity contribution >= 4 is 23.3 Å². The molecular weight excluding hydrogens is 324 g/mol. The number of benzene rings is 1. The summed E-state index contributed by atoms with van der Waals surface area (Å²) in [6.45, 7) is 0.642. The Labute approximate surface area is 145 Å². The van der Waals surface area contributed by atoms with E-state index in [0.29, 0.717) is 30.2 Å². The number of aromatic nitrogens is 3. The number of rotatable bonds is 6. The number of aryl methyl sites for hydroxylation is 1. The highest BCUT2D eigenvalue weighted by atomic mass is 35.5. The van der Waals surface area contributed by atoms with Gasteiger partial charge in [-0.3, -0.25) is 14.5 Å². The smallest absolute Gasteiger partial charge is 0.225 e. The Hall–Kier alpha value is -2.66. The number of hydrogen-bond donors (Lipinski definition) is 1. The highest BCUT2D eigenvalue weighted by molar-refractivity contribution is 6.30. The van der Waals surface area contributed by atoms with E-state index in [1.807, 2.05) is 42.6 Å². The predicted octanol–water partition coefficient (Wildman–Crippen LogP) is 3.55. The minimum absolute atomic E-state index is 0.0564. The lowest BCUT2D eigenvalue weighted by atomic mass is 10.1. The van der Waals surface area contributed by atoms with E-state index in [0.717, 1.165) is 11.1 Å². The van der Waals surface area contributed by atoms with E-state index in [1.165, 1.54) is 0 Å². The third-order valence-electron chi connectivity index (χ3n) is 3.56. The molecule has 24 heavy (non-hydrogen) atoms. The van der Waals surface area contributed by atoms with Crippen molar-refractivity contribution in [1.82, 2.24) is 14.8 Å². The van der Waals surface area contributed by atoms with Crippen LogP contribution in [-0.4, -0.2) is 20.7 Å². The van der Waals surface area contributed by atoms with E-state index in [-0.39, 0.29) is 5.91 Å². The van der Waals surface area contributed by atoms with Crippen LogP contribution < -0.4 is 5.32 Å². The monoisotopic (exact) mass is 340 g/mol. The summed E-state index contributed by atoms with van der Waals surface area (Å²) in [5.41, 5.74) is 2.19. The van der Waals surface area contributed by atoms with Crippen molar-refractivity contribution < 1.29 is 4.79 Å². The fraction of sp³-hybridized carbons (Fsp3) is 0.167. The number of pyridine rings is 1. The van der Waals surface area contributed by atoms with Crippen LogP contribution in [0.5, 0.6) is 0 Å². The van der Waals surface area contributed by atoms with E-state index in [4.69, 9.17) is 11.6 Å². The van der Waals surface area contributed by atoms with Crippen LogP contribution in [0.15, 0.2) is 61.1 Å². The Morgan fingerprint density at radius 3 is 2.54 bits per heavy atom. The molecule has 0 spiro atoms. The molecule has 0 saturated carbocycles. The third-order valence-corrected chi connectivity index (χ3v) is 3.81. The Morgan fingerprint density at radius 2 is 1.79 bits per heavy atom. The minimum Gasteiger partial charge on any atom is -0.309 e. The normalized spacial score (nSPS) is 10.5. The van der Waals surface area contributed by atoms with Gasteiger partial charge in [0.25, 0.3) is 0 Å². The lowest BCUT2D eigenvalue weighted by molar-refractivity contribution is -0.116.